The summed E-state index contributed by atoms with van der Waals surface area (Å²) in [6.45, 7) is 4.69. The fourth-order valence-electron chi connectivity index (χ4n) is 2.78. The lowest BCUT2D eigenvalue weighted by atomic mass is 9.93. The van der Waals surface area contributed by atoms with Crippen molar-refractivity contribution in [3.8, 4) is 5.69 Å². The van der Waals surface area contributed by atoms with Crippen LogP contribution >= 0.6 is 11.6 Å². The van der Waals surface area contributed by atoms with Crippen LogP contribution in [0, 0.1) is 0 Å². The monoisotopic (exact) mass is 335 g/mol. The maximum atomic E-state index is 12.7. The Morgan fingerprint density at radius 3 is 3.00 bits per heavy atom. The number of nitrogens with one attached hydrogen (secondary N) is 1. The van der Waals surface area contributed by atoms with Crippen LogP contribution in [0.25, 0.3) is 5.69 Å². The Hall–Kier alpha value is -1.99. The summed E-state index contributed by atoms with van der Waals surface area (Å²) in [6.07, 6.45) is 3.00. The van der Waals surface area contributed by atoms with E-state index >= 15 is 0 Å². The molecule has 0 bridgehead atoms. The number of ether oxygens (including phenoxy) is 1. The average Bonchev–Trinajstić information content (AvgIpc) is 3.00. The molecule has 1 saturated heterocycles. The quantitative estimate of drug-likeness (QED) is 0.927. The first-order valence-electron chi connectivity index (χ1n) is 7.42. The van der Waals surface area contributed by atoms with Crippen molar-refractivity contribution >= 4 is 17.5 Å². The molecule has 1 aromatic carbocycles. The van der Waals surface area contributed by atoms with Gasteiger partial charge in [-0.25, -0.2) is 0 Å². The third-order valence-electron chi connectivity index (χ3n) is 3.83. The first-order chi connectivity index (χ1) is 10.9. The van der Waals surface area contributed by atoms with Crippen LogP contribution < -0.4 is 5.32 Å². The largest absolute Gasteiger partial charge is 0.375 e. The number of carbonyl (C=O) groups is 1. The Labute approximate surface area is 139 Å². The number of amides is 1. The van der Waals surface area contributed by atoms with Gasteiger partial charge in [-0.15, -0.1) is 5.10 Å². The van der Waals surface area contributed by atoms with Crippen molar-refractivity contribution in [2.45, 2.75) is 38.3 Å². The first-order valence-corrected chi connectivity index (χ1v) is 7.80. The maximum absolute atomic E-state index is 12.7. The number of carbonyl (C=O) groups excluding carboxylic acids is 1. The fourth-order valence-corrected chi connectivity index (χ4v) is 2.94. The number of halogens is 1. The van der Waals surface area contributed by atoms with E-state index in [-0.39, 0.29) is 17.6 Å². The standard InChI is InChI=1S/C15H18ClN5O2/c1-15(2)8-11(5-6-23-15)18-14(22)12-4-3-10(16)7-13(12)21-9-17-19-20-21/h3-4,7,9,11H,5-6,8H2,1-2H3,(H,18,22)/t11-/m0/s1. The van der Waals surface area contributed by atoms with Gasteiger partial charge in [-0.1, -0.05) is 11.6 Å². The van der Waals surface area contributed by atoms with Gasteiger partial charge < -0.3 is 10.1 Å². The Kier molecular flexibility index (Phi) is 4.32. The van der Waals surface area contributed by atoms with E-state index in [0.717, 1.165) is 12.8 Å². The minimum atomic E-state index is -0.227. The molecule has 0 saturated carbocycles. The van der Waals surface area contributed by atoms with Crippen LogP contribution in [-0.2, 0) is 4.74 Å². The molecule has 1 aliphatic rings. The van der Waals surface area contributed by atoms with E-state index < -0.39 is 0 Å². The highest BCUT2D eigenvalue weighted by Gasteiger charge is 2.30. The first kappa shape index (κ1) is 15.9. The number of hydrogen-bond acceptors (Lipinski definition) is 5. The van der Waals surface area contributed by atoms with Crippen molar-refractivity contribution in [2.75, 3.05) is 6.61 Å². The second kappa shape index (κ2) is 6.25. The van der Waals surface area contributed by atoms with Crippen molar-refractivity contribution in [3.63, 3.8) is 0 Å². The lowest BCUT2D eigenvalue weighted by Crippen LogP contribution is -2.46. The van der Waals surface area contributed by atoms with E-state index in [2.05, 4.69) is 20.8 Å². The highest BCUT2D eigenvalue weighted by atomic mass is 35.5. The molecule has 1 atom stereocenters. The van der Waals surface area contributed by atoms with Crippen LogP contribution in [0.5, 0.6) is 0 Å². The molecule has 3 rings (SSSR count). The summed E-state index contributed by atoms with van der Waals surface area (Å²) in [6, 6.07) is 5.10. The highest BCUT2D eigenvalue weighted by molar-refractivity contribution is 6.31. The molecule has 2 aromatic rings. The number of benzene rings is 1. The molecular weight excluding hydrogens is 318 g/mol. The molecule has 0 radical (unpaired) electrons. The van der Waals surface area contributed by atoms with Crippen LogP contribution in [-0.4, -0.2) is 44.4 Å². The van der Waals surface area contributed by atoms with E-state index in [9.17, 15) is 4.79 Å². The van der Waals surface area contributed by atoms with Crippen molar-refractivity contribution in [2.24, 2.45) is 0 Å². The summed E-state index contributed by atoms with van der Waals surface area (Å²) >= 11 is 6.04. The minimum absolute atomic E-state index is 0.0728. The molecule has 8 heteroatoms. The van der Waals surface area contributed by atoms with Crippen molar-refractivity contribution in [3.05, 3.63) is 35.1 Å². The third kappa shape index (κ3) is 3.68. The van der Waals surface area contributed by atoms with Gasteiger partial charge in [0, 0.05) is 17.7 Å². The molecule has 2 heterocycles. The SMILES string of the molecule is CC1(C)C[C@@H](NC(=O)c2ccc(Cl)cc2-n2cnnn2)CCO1. The summed E-state index contributed by atoms with van der Waals surface area (Å²) in [7, 11) is 0. The molecule has 1 aliphatic heterocycles. The number of rotatable bonds is 3. The highest BCUT2D eigenvalue weighted by Crippen LogP contribution is 2.25. The molecule has 1 N–H and O–H groups in total. The van der Waals surface area contributed by atoms with E-state index in [4.69, 9.17) is 16.3 Å². The lowest BCUT2D eigenvalue weighted by molar-refractivity contribution is -0.0615. The van der Waals surface area contributed by atoms with Gasteiger partial charge in [0.2, 0.25) is 0 Å². The van der Waals surface area contributed by atoms with Crippen molar-refractivity contribution in [1.82, 2.24) is 25.5 Å². The summed E-state index contributed by atoms with van der Waals surface area (Å²) in [5, 5.41) is 14.6. The zero-order valence-electron chi connectivity index (χ0n) is 13.0. The molecule has 23 heavy (non-hydrogen) atoms. The van der Waals surface area contributed by atoms with Gasteiger partial charge in [0.25, 0.3) is 5.91 Å². The lowest BCUT2D eigenvalue weighted by Gasteiger charge is -2.35. The summed E-state index contributed by atoms with van der Waals surface area (Å²) in [4.78, 5) is 12.7. The molecular formula is C15H18ClN5O2. The van der Waals surface area contributed by atoms with Crippen LogP contribution in [0.3, 0.4) is 0 Å². The zero-order valence-corrected chi connectivity index (χ0v) is 13.7. The van der Waals surface area contributed by atoms with E-state index in [1.54, 1.807) is 18.2 Å². The predicted molar refractivity (Wildman–Crippen MR) is 84.7 cm³/mol. The molecule has 1 fully saturated rings. The number of nitrogens with zero attached hydrogens (tertiary/aromatic N) is 4. The third-order valence-corrected chi connectivity index (χ3v) is 4.07. The summed E-state index contributed by atoms with van der Waals surface area (Å²) in [5.41, 5.74) is 0.798. The van der Waals surface area contributed by atoms with Crippen LogP contribution in [0.4, 0.5) is 0 Å². The summed E-state index contributed by atoms with van der Waals surface area (Å²) in [5.74, 6) is -0.171. The molecule has 1 aromatic heterocycles. The molecule has 0 spiro atoms. The van der Waals surface area contributed by atoms with Gasteiger partial charge in [-0.05, 0) is 55.3 Å². The smallest absolute Gasteiger partial charge is 0.253 e. The van der Waals surface area contributed by atoms with Crippen LogP contribution in [0.15, 0.2) is 24.5 Å². The van der Waals surface area contributed by atoms with Gasteiger partial charge in [-0.3, -0.25) is 4.79 Å². The fraction of sp³-hybridized carbons (Fsp3) is 0.467. The Morgan fingerprint density at radius 1 is 1.48 bits per heavy atom. The van der Waals surface area contributed by atoms with Gasteiger partial charge in [0.15, 0.2) is 0 Å². The second-order valence-corrected chi connectivity index (χ2v) is 6.62. The molecule has 122 valence electrons. The van der Waals surface area contributed by atoms with Gasteiger partial charge in [-0.2, -0.15) is 4.68 Å². The zero-order chi connectivity index (χ0) is 16.4. The van der Waals surface area contributed by atoms with Crippen molar-refractivity contribution in [1.29, 1.82) is 0 Å². The normalized spacial score (nSPS) is 20.2. The Balaban J connectivity index is 1.83. The molecule has 0 aliphatic carbocycles. The van der Waals surface area contributed by atoms with Gasteiger partial charge in [0.1, 0.15) is 6.33 Å². The topological polar surface area (TPSA) is 81.9 Å². The Morgan fingerprint density at radius 2 is 2.30 bits per heavy atom. The molecule has 0 unspecified atom stereocenters. The minimum Gasteiger partial charge on any atom is -0.375 e. The van der Waals surface area contributed by atoms with E-state index in [1.807, 2.05) is 13.8 Å². The van der Waals surface area contributed by atoms with Gasteiger partial charge >= 0.3 is 0 Å². The van der Waals surface area contributed by atoms with Crippen LogP contribution in [0.1, 0.15) is 37.0 Å². The van der Waals surface area contributed by atoms with E-state index in [0.29, 0.717) is 22.9 Å². The molecule has 1 amide bonds. The Bertz CT molecular complexity index is 702. The van der Waals surface area contributed by atoms with Gasteiger partial charge in [0.05, 0.1) is 16.9 Å². The second-order valence-electron chi connectivity index (χ2n) is 6.19. The number of aromatic nitrogens is 4. The average molecular weight is 336 g/mol. The van der Waals surface area contributed by atoms with Crippen molar-refractivity contribution < 1.29 is 9.53 Å². The number of tetrazole rings is 1. The predicted octanol–water partition coefficient (Wildman–Crippen LogP) is 2.00. The summed E-state index contributed by atoms with van der Waals surface area (Å²) < 4.78 is 7.11. The van der Waals surface area contributed by atoms with Crippen LogP contribution in [0.2, 0.25) is 5.02 Å². The molecule has 7 nitrogen and oxygen atoms in total. The number of hydrogen-bond donors (Lipinski definition) is 1. The maximum Gasteiger partial charge on any atom is 0.253 e. The van der Waals surface area contributed by atoms with E-state index in [1.165, 1.54) is 11.0 Å².